The first-order valence-electron chi connectivity index (χ1n) is 6.43. The predicted octanol–water partition coefficient (Wildman–Crippen LogP) is -1.01. The molecule has 5 N–H and O–H groups in total. The monoisotopic (exact) mass is 262 g/mol. The van der Waals surface area contributed by atoms with E-state index in [0.29, 0.717) is 6.54 Å². The Kier molecular flexibility index (Phi) is 8.91. The van der Waals surface area contributed by atoms with Crippen LogP contribution in [-0.4, -0.2) is 59.2 Å². The highest BCUT2D eigenvalue weighted by atomic mass is 16.3. The number of aliphatic hydroxyl groups is 3. The van der Waals surface area contributed by atoms with Crippen molar-refractivity contribution in [3.63, 3.8) is 0 Å². The summed E-state index contributed by atoms with van der Waals surface area (Å²) in [6.45, 7) is 3.02. The van der Waals surface area contributed by atoms with Gasteiger partial charge in [0.2, 0.25) is 5.91 Å². The van der Waals surface area contributed by atoms with Crippen LogP contribution in [-0.2, 0) is 4.79 Å². The Labute approximate surface area is 108 Å². The molecule has 18 heavy (non-hydrogen) atoms. The highest BCUT2D eigenvalue weighted by molar-refractivity contribution is 5.81. The van der Waals surface area contributed by atoms with Crippen LogP contribution in [0.4, 0.5) is 0 Å². The topological polar surface area (TPSA) is 102 Å². The Balaban J connectivity index is 4.13. The highest BCUT2D eigenvalue weighted by Crippen LogP contribution is 2.03. The fraction of sp³-hybridized carbons (Fsp3) is 0.917. The summed E-state index contributed by atoms with van der Waals surface area (Å²) in [7, 11) is 0. The molecule has 0 rings (SSSR count). The molecule has 0 fully saturated rings. The molecule has 0 aromatic heterocycles. The van der Waals surface area contributed by atoms with Crippen LogP contribution >= 0.6 is 0 Å². The largest absolute Gasteiger partial charge is 0.394 e. The lowest BCUT2D eigenvalue weighted by Crippen LogP contribution is -2.60. The molecule has 0 radical (unpaired) electrons. The summed E-state index contributed by atoms with van der Waals surface area (Å²) in [6, 6.07) is -0.585. The lowest BCUT2D eigenvalue weighted by molar-refractivity contribution is -0.123. The third kappa shape index (κ3) is 5.77. The van der Waals surface area contributed by atoms with Crippen LogP contribution in [0.5, 0.6) is 0 Å². The normalized spacial score (nSPS) is 13.4. The molecule has 6 nitrogen and oxygen atoms in total. The Hall–Kier alpha value is -0.690. The van der Waals surface area contributed by atoms with Gasteiger partial charge in [0.1, 0.15) is 0 Å². The quantitative estimate of drug-likeness (QED) is 0.325. The molecule has 6 heteroatoms. The highest BCUT2D eigenvalue weighted by Gasteiger charge is 2.31. The van der Waals surface area contributed by atoms with Gasteiger partial charge in [-0.3, -0.25) is 10.1 Å². The number of nitrogens with one attached hydrogen (secondary N) is 2. The Bertz CT molecular complexity index is 224. The summed E-state index contributed by atoms with van der Waals surface area (Å²) < 4.78 is 0. The second kappa shape index (κ2) is 9.27. The summed E-state index contributed by atoms with van der Waals surface area (Å²) in [6.07, 6.45) is 3.09. The van der Waals surface area contributed by atoms with Crippen molar-refractivity contribution in [2.24, 2.45) is 0 Å². The molecule has 0 aliphatic carbocycles. The third-order valence-electron chi connectivity index (χ3n) is 2.90. The Morgan fingerprint density at radius 3 is 2.17 bits per heavy atom. The van der Waals surface area contributed by atoms with Gasteiger partial charge >= 0.3 is 0 Å². The first-order chi connectivity index (χ1) is 8.55. The molecule has 0 spiro atoms. The van der Waals surface area contributed by atoms with Crippen molar-refractivity contribution in [1.29, 1.82) is 0 Å². The minimum Gasteiger partial charge on any atom is -0.394 e. The van der Waals surface area contributed by atoms with Gasteiger partial charge in [-0.05, 0) is 13.3 Å². The second-order valence-electron chi connectivity index (χ2n) is 4.62. The average Bonchev–Trinajstić information content (AvgIpc) is 2.40. The van der Waals surface area contributed by atoms with Crippen molar-refractivity contribution in [3.8, 4) is 0 Å². The van der Waals surface area contributed by atoms with Crippen molar-refractivity contribution in [3.05, 3.63) is 0 Å². The molecule has 0 aliphatic rings. The fourth-order valence-electron chi connectivity index (χ4n) is 1.55. The molecule has 0 aromatic carbocycles. The van der Waals surface area contributed by atoms with E-state index >= 15 is 0 Å². The van der Waals surface area contributed by atoms with Crippen molar-refractivity contribution < 1.29 is 20.1 Å². The first kappa shape index (κ1) is 17.3. The van der Waals surface area contributed by atoms with Gasteiger partial charge in [-0.15, -0.1) is 0 Å². The average molecular weight is 262 g/mol. The van der Waals surface area contributed by atoms with E-state index < -0.39 is 31.4 Å². The Morgan fingerprint density at radius 1 is 1.17 bits per heavy atom. The zero-order valence-corrected chi connectivity index (χ0v) is 11.3. The lowest BCUT2D eigenvalue weighted by Gasteiger charge is -2.31. The van der Waals surface area contributed by atoms with Gasteiger partial charge in [0.05, 0.1) is 31.4 Å². The van der Waals surface area contributed by atoms with E-state index in [4.69, 9.17) is 15.3 Å². The first-order valence-corrected chi connectivity index (χ1v) is 6.43. The van der Waals surface area contributed by atoms with Crippen LogP contribution in [0, 0.1) is 0 Å². The van der Waals surface area contributed by atoms with Crippen LogP contribution < -0.4 is 10.6 Å². The van der Waals surface area contributed by atoms with Gasteiger partial charge in [-0.2, -0.15) is 0 Å². The van der Waals surface area contributed by atoms with Gasteiger partial charge in [0.25, 0.3) is 0 Å². The molecule has 1 unspecified atom stereocenters. The molecule has 1 atom stereocenters. The zero-order chi connectivity index (χ0) is 14.0. The van der Waals surface area contributed by atoms with E-state index in [2.05, 4.69) is 17.6 Å². The maximum Gasteiger partial charge on any atom is 0.236 e. The smallest absolute Gasteiger partial charge is 0.236 e. The van der Waals surface area contributed by atoms with E-state index in [9.17, 15) is 4.79 Å². The number of carbonyl (C=O) groups is 1. The zero-order valence-electron chi connectivity index (χ0n) is 11.3. The standard InChI is InChI=1S/C12H26N2O4/c1-3-4-5-6-13-11(18)10(2)14-12(7-15,8-16)9-17/h10,14-17H,3-9H2,1-2H3,(H,13,18). The number of unbranched alkanes of at least 4 members (excludes halogenated alkanes) is 2. The van der Waals surface area contributed by atoms with E-state index in [1.807, 2.05) is 0 Å². The number of rotatable bonds is 10. The van der Waals surface area contributed by atoms with E-state index in [1.54, 1.807) is 6.92 Å². The van der Waals surface area contributed by atoms with Crippen LogP contribution in [0.25, 0.3) is 0 Å². The molecular weight excluding hydrogens is 236 g/mol. The third-order valence-corrected chi connectivity index (χ3v) is 2.90. The van der Waals surface area contributed by atoms with Crippen molar-refractivity contribution >= 4 is 5.91 Å². The molecule has 0 saturated carbocycles. The van der Waals surface area contributed by atoms with Gasteiger partial charge in [-0.1, -0.05) is 19.8 Å². The maximum absolute atomic E-state index is 11.7. The van der Waals surface area contributed by atoms with Gasteiger partial charge in [-0.25, -0.2) is 0 Å². The van der Waals surface area contributed by atoms with Crippen LogP contribution in [0.2, 0.25) is 0 Å². The van der Waals surface area contributed by atoms with Gasteiger partial charge in [0.15, 0.2) is 0 Å². The Morgan fingerprint density at radius 2 is 1.72 bits per heavy atom. The van der Waals surface area contributed by atoms with Crippen LogP contribution in [0.15, 0.2) is 0 Å². The lowest BCUT2D eigenvalue weighted by atomic mass is 10.0. The van der Waals surface area contributed by atoms with Crippen molar-refractivity contribution in [1.82, 2.24) is 10.6 Å². The SMILES string of the molecule is CCCCCNC(=O)C(C)NC(CO)(CO)CO. The molecule has 1 amide bonds. The number of hydrogen-bond donors (Lipinski definition) is 5. The molecule has 0 aliphatic heterocycles. The van der Waals surface area contributed by atoms with Gasteiger partial charge in [0, 0.05) is 6.54 Å². The van der Waals surface area contributed by atoms with E-state index in [-0.39, 0.29) is 5.91 Å². The minimum absolute atomic E-state index is 0.203. The number of hydrogen-bond acceptors (Lipinski definition) is 5. The predicted molar refractivity (Wildman–Crippen MR) is 69.1 cm³/mol. The van der Waals surface area contributed by atoms with Crippen LogP contribution in [0.3, 0.4) is 0 Å². The number of carbonyl (C=O) groups excluding carboxylic acids is 1. The van der Waals surface area contributed by atoms with Crippen molar-refractivity contribution in [2.75, 3.05) is 26.4 Å². The summed E-state index contributed by atoms with van der Waals surface area (Å²) >= 11 is 0. The number of aliphatic hydroxyl groups excluding tert-OH is 3. The van der Waals surface area contributed by atoms with Crippen LogP contribution in [0.1, 0.15) is 33.1 Å². The number of amides is 1. The molecule has 0 aromatic rings. The second-order valence-corrected chi connectivity index (χ2v) is 4.62. The summed E-state index contributed by atoms with van der Waals surface area (Å²) in [5.41, 5.74) is -1.22. The van der Waals surface area contributed by atoms with E-state index in [0.717, 1.165) is 19.3 Å². The maximum atomic E-state index is 11.7. The molecule has 0 heterocycles. The molecule has 0 bridgehead atoms. The molecule has 108 valence electrons. The van der Waals surface area contributed by atoms with Gasteiger partial charge < -0.3 is 20.6 Å². The minimum atomic E-state index is -1.22. The molecular formula is C12H26N2O4. The molecule has 0 saturated heterocycles. The summed E-state index contributed by atoms with van der Waals surface area (Å²) in [5.74, 6) is -0.203. The summed E-state index contributed by atoms with van der Waals surface area (Å²) in [4.78, 5) is 11.7. The van der Waals surface area contributed by atoms with Crippen molar-refractivity contribution in [2.45, 2.75) is 44.7 Å². The van der Waals surface area contributed by atoms with E-state index in [1.165, 1.54) is 0 Å². The summed E-state index contributed by atoms with van der Waals surface area (Å²) in [5, 5.41) is 32.9. The fourth-order valence-corrected chi connectivity index (χ4v) is 1.55.